The van der Waals surface area contributed by atoms with E-state index in [4.69, 9.17) is 0 Å². The highest BCUT2D eigenvalue weighted by atomic mass is 32.1. The van der Waals surface area contributed by atoms with Crippen molar-refractivity contribution in [3.05, 3.63) is 29.3 Å². The summed E-state index contributed by atoms with van der Waals surface area (Å²) < 4.78 is 1.30. The number of benzene rings is 1. The summed E-state index contributed by atoms with van der Waals surface area (Å²) in [4.78, 5) is 4.36. The van der Waals surface area contributed by atoms with Crippen LogP contribution in [0.25, 0.3) is 10.2 Å². The summed E-state index contributed by atoms with van der Waals surface area (Å²) >= 11 is 1.72. The van der Waals surface area contributed by atoms with Crippen LogP contribution in [0.15, 0.2) is 23.7 Å². The van der Waals surface area contributed by atoms with Crippen LogP contribution in [-0.2, 0) is 6.42 Å². The summed E-state index contributed by atoms with van der Waals surface area (Å²) in [5, 5.41) is 0. The van der Waals surface area contributed by atoms with Crippen molar-refractivity contribution >= 4 is 21.6 Å². The van der Waals surface area contributed by atoms with Crippen LogP contribution in [0.2, 0.25) is 0 Å². The van der Waals surface area contributed by atoms with Crippen molar-refractivity contribution in [2.24, 2.45) is 0 Å². The van der Waals surface area contributed by atoms with Gasteiger partial charge in [-0.15, -0.1) is 11.3 Å². The van der Waals surface area contributed by atoms with E-state index in [2.05, 4.69) is 30.1 Å². The van der Waals surface area contributed by atoms with Crippen molar-refractivity contribution < 1.29 is 0 Å². The number of aromatic nitrogens is 1. The Morgan fingerprint density at radius 2 is 2.00 bits per heavy atom. The standard InChI is InChI=1S/C14H19NS/c1-2-3-4-5-6-7-12-8-9-14-13(10-12)15-11-16-14/h8-11H,2-7H2,1H3. The highest BCUT2D eigenvalue weighted by Gasteiger charge is 1.98. The van der Waals surface area contributed by atoms with Gasteiger partial charge in [0, 0.05) is 0 Å². The monoisotopic (exact) mass is 233 g/mol. The molecule has 1 aromatic heterocycles. The SMILES string of the molecule is CCCCCCCc1ccc2scnc2c1. The summed E-state index contributed by atoms with van der Waals surface area (Å²) in [5.74, 6) is 0. The van der Waals surface area contributed by atoms with Crippen molar-refractivity contribution in [2.75, 3.05) is 0 Å². The fraction of sp³-hybridized carbons (Fsp3) is 0.500. The van der Waals surface area contributed by atoms with E-state index >= 15 is 0 Å². The second-order valence-electron chi connectivity index (χ2n) is 4.32. The zero-order valence-electron chi connectivity index (χ0n) is 9.91. The molecule has 0 saturated heterocycles. The molecule has 86 valence electrons. The van der Waals surface area contributed by atoms with Crippen LogP contribution in [0.1, 0.15) is 44.6 Å². The lowest BCUT2D eigenvalue weighted by atomic mass is 10.1. The Bertz CT molecular complexity index is 433. The minimum atomic E-state index is 1.16. The minimum absolute atomic E-state index is 1.16. The molecule has 0 aliphatic rings. The smallest absolute Gasteiger partial charge is 0.0814 e. The van der Waals surface area contributed by atoms with Crippen LogP contribution < -0.4 is 0 Å². The number of thiazole rings is 1. The molecule has 0 atom stereocenters. The zero-order valence-corrected chi connectivity index (χ0v) is 10.7. The van der Waals surface area contributed by atoms with Gasteiger partial charge in [0.05, 0.1) is 15.7 Å². The highest BCUT2D eigenvalue weighted by Crippen LogP contribution is 2.20. The van der Waals surface area contributed by atoms with Gasteiger partial charge in [0.15, 0.2) is 0 Å². The van der Waals surface area contributed by atoms with Crippen LogP contribution in [0, 0.1) is 0 Å². The normalized spacial score (nSPS) is 11.1. The van der Waals surface area contributed by atoms with E-state index in [-0.39, 0.29) is 0 Å². The number of aryl methyl sites for hydroxylation is 1. The Balaban J connectivity index is 1.84. The molecule has 2 heteroatoms. The molecule has 0 saturated carbocycles. The van der Waals surface area contributed by atoms with Crippen molar-refractivity contribution in [3.8, 4) is 0 Å². The third kappa shape index (κ3) is 3.05. The molecule has 0 amide bonds. The summed E-state index contributed by atoms with van der Waals surface area (Å²) in [5.41, 5.74) is 4.53. The molecule has 2 aromatic rings. The van der Waals surface area contributed by atoms with Gasteiger partial charge in [-0.1, -0.05) is 38.7 Å². The number of hydrogen-bond acceptors (Lipinski definition) is 2. The molecule has 0 fully saturated rings. The quantitative estimate of drug-likeness (QED) is 0.652. The van der Waals surface area contributed by atoms with Gasteiger partial charge in [-0.25, -0.2) is 4.98 Å². The molecule has 1 aromatic carbocycles. The molecule has 0 radical (unpaired) electrons. The van der Waals surface area contributed by atoms with Gasteiger partial charge in [-0.3, -0.25) is 0 Å². The van der Waals surface area contributed by atoms with E-state index in [1.54, 1.807) is 11.3 Å². The molecule has 0 N–H and O–H groups in total. The third-order valence-corrected chi connectivity index (χ3v) is 3.77. The Labute approximate surface area is 102 Å². The number of unbranched alkanes of at least 4 members (excludes halogenated alkanes) is 4. The predicted molar refractivity (Wildman–Crippen MR) is 72.1 cm³/mol. The van der Waals surface area contributed by atoms with E-state index in [0.717, 1.165) is 5.52 Å². The topological polar surface area (TPSA) is 12.9 Å². The van der Waals surface area contributed by atoms with Crippen LogP contribution in [0.3, 0.4) is 0 Å². The fourth-order valence-corrected chi connectivity index (χ4v) is 2.65. The van der Waals surface area contributed by atoms with Crippen LogP contribution in [0.5, 0.6) is 0 Å². The van der Waals surface area contributed by atoms with Crippen LogP contribution in [-0.4, -0.2) is 4.98 Å². The lowest BCUT2D eigenvalue weighted by Gasteiger charge is -2.01. The molecule has 0 aliphatic heterocycles. The molecule has 16 heavy (non-hydrogen) atoms. The Morgan fingerprint density at radius 3 is 2.88 bits per heavy atom. The first-order valence-corrected chi connectivity index (χ1v) is 7.10. The minimum Gasteiger partial charge on any atom is -0.245 e. The van der Waals surface area contributed by atoms with Crippen molar-refractivity contribution in [1.29, 1.82) is 0 Å². The maximum atomic E-state index is 4.36. The maximum Gasteiger partial charge on any atom is 0.0814 e. The summed E-state index contributed by atoms with van der Waals surface area (Å²) in [6.45, 7) is 2.26. The first kappa shape index (κ1) is 11.6. The van der Waals surface area contributed by atoms with Gasteiger partial charge in [-0.2, -0.15) is 0 Å². The molecule has 2 rings (SSSR count). The van der Waals surface area contributed by atoms with Crippen molar-refractivity contribution in [1.82, 2.24) is 4.98 Å². The predicted octanol–water partition coefficient (Wildman–Crippen LogP) is 4.81. The van der Waals surface area contributed by atoms with E-state index in [9.17, 15) is 0 Å². The second kappa shape index (κ2) is 6.00. The molecule has 1 heterocycles. The van der Waals surface area contributed by atoms with E-state index in [1.165, 1.54) is 48.8 Å². The Kier molecular flexibility index (Phi) is 4.34. The van der Waals surface area contributed by atoms with Crippen LogP contribution in [0.4, 0.5) is 0 Å². The lowest BCUT2D eigenvalue weighted by Crippen LogP contribution is -1.86. The Morgan fingerprint density at radius 1 is 1.12 bits per heavy atom. The van der Waals surface area contributed by atoms with Crippen molar-refractivity contribution in [3.63, 3.8) is 0 Å². The molecule has 0 aliphatic carbocycles. The first-order chi connectivity index (χ1) is 7.90. The number of nitrogens with zero attached hydrogens (tertiary/aromatic N) is 1. The molecule has 0 bridgehead atoms. The van der Waals surface area contributed by atoms with E-state index in [0.29, 0.717) is 0 Å². The first-order valence-electron chi connectivity index (χ1n) is 6.22. The number of fused-ring (bicyclic) bond motifs is 1. The molecule has 0 unspecified atom stereocenters. The Hall–Kier alpha value is -0.890. The summed E-state index contributed by atoms with van der Waals surface area (Å²) in [7, 11) is 0. The van der Waals surface area contributed by atoms with E-state index < -0.39 is 0 Å². The fourth-order valence-electron chi connectivity index (χ4n) is 1.99. The van der Waals surface area contributed by atoms with Gasteiger partial charge >= 0.3 is 0 Å². The van der Waals surface area contributed by atoms with Gasteiger partial charge in [0.25, 0.3) is 0 Å². The molecule has 0 spiro atoms. The average molecular weight is 233 g/mol. The average Bonchev–Trinajstić information content (AvgIpc) is 2.76. The number of rotatable bonds is 6. The lowest BCUT2D eigenvalue weighted by molar-refractivity contribution is 0.632. The molecular weight excluding hydrogens is 214 g/mol. The van der Waals surface area contributed by atoms with E-state index in [1.807, 2.05) is 5.51 Å². The largest absolute Gasteiger partial charge is 0.245 e. The van der Waals surface area contributed by atoms with Gasteiger partial charge in [-0.05, 0) is 30.5 Å². The summed E-state index contributed by atoms with van der Waals surface area (Å²) in [6, 6.07) is 6.69. The van der Waals surface area contributed by atoms with Gasteiger partial charge in [0.2, 0.25) is 0 Å². The zero-order chi connectivity index (χ0) is 11.2. The van der Waals surface area contributed by atoms with Gasteiger partial charge < -0.3 is 0 Å². The maximum absolute atomic E-state index is 4.36. The third-order valence-electron chi connectivity index (χ3n) is 2.96. The van der Waals surface area contributed by atoms with Crippen LogP contribution >= 0.6 is 11.3 Å². The second-order valence-corrected chi connectivity index (χ2v) is 5.20. The molecular formula is C14H19NS. The van der Waals surface area contributed by atoms with Gasteiger partial charge in [0.1, 0.15) is 0 Å². The van der Waals surface area contributed by atoms with Crippen molar-refractivity contribution in [2.45, 2.75) is 45.4 Å². The highest BCUT2D eigenvalue weighted by molar-refractivity contribution is 7.16. The molecule has 1 nitrogen and oxygen atoms in total. The number of hydrogen-bond donors (Lipinski definition) is 0. The summed E-state index contributed by atoms with van der Waals surface area (Å²) in [6.07, 6.45) is 7.97.